The molecular formula is C10H13ClN6O. The number of hydrogen-bond acceptors (Lipinski definition) is 5. The molecule has 0 unspecified atom stereocenters. The van der Waals surface area contributed by atoms with Crippen LogP contribution in [-0.4, -0.2) is 36.5 Å². The van der Waals surface area contributed by atoms with Crippen molar-refractivity contribution in [3.63, 3.8) is 0 Å². The van der Waals surface area contributed by atoms with Crippen LogP contribution >= 0.6 is 11.6 Å². The summed E-state index contributed by atoms with van der Waals surface area (Å²) in [6.07, 6.45) is 4.49. The standard InChI is InChI=1S/C10H13ClN6O/c1-7(2)18-15-10(17-6-12-5-14-17)8-4-13-16(3)9(8)11/h4-7H,1-3H3. The van der Waals surface area contributed by atoms with Crippen molar-refractivity contribution in [3.8, 4) is 0 Å². The van der Waals surface area contributed by atoms with E-state index < -0.39 is 0 Å². The molecule has 0 amide bonds. The van der Waals surface area contributed by atoms with E-state index in [0.717, 1.165) is 0 Å². The molecule has 2 rings (SSSR count). The van der Waals surface area contributed by atoms with Gasteiger partial charge in [0.15, 0.2) is 0 Å². The molecule has 0 aliphatic heterocycles. The molecule has 0 bridgehead atoms. The molecule has 0 spiro atoms. The average Bonchev–Trinajstić information content (AvgIpc) is 2.94. The summed E-state index contributed by atoms with van der Waals surface area (Å²) < 4.78 is 3.02. The SMILES string of the molecule is CC(C)ON=C(c1cnn(C)c1Cl)n1cncn1. The second-order valence-electron chi connectivity index (χ2n) is 3.88. The van der Waals surface area contributed by atoms with Crippen molar-refractivity contribution in [2.75, 3.05) is 0 Å². The lowest BCUT2D eigenvalue weighted by atomic mass is 10.3. The Labute approximate surface area is 109 Å². The van der Waals surface area contributed by atoms with Gasteiger partial charge in [-0.3, -0.25) is 4.68 Å². The minimum atomic E-state index is -0.0426. The highest BCUT2D eigenvalue weighted by molar-refractivity contribution is 6.33. The van der Waals surface area contributed by atoms with Gasteiger partial charge < -0.3 is 4.84 Å². The molecule has 18 heavy (non-hydrogen) atoms. The van der Waals surface area contributed by atoms with E-state index in [1.54, 1.807) is 17.9 Å². The third kappa shape index (κ3) is 2.51. The Morgan fingerprint density at radius 2 is 2.22 bits per heavy atom. The number of hydrogen-bond donors (Lipinski definition) is 0. The molecule has 7 nitrogen and oxygen atoms in total. The molecule has 2 aromatic heterocycles. The second kappa shape index (κ2) is 5.18. The monoisotopic (exact) mass is 268 g/mol. The van der Waals surface area contributed by atoms with Gasteiger partial charge >= 0.3 is 0 Å². The van der Waals surface area contributed by atoms with Crippen molar-refractivity contribution in [2.24, 2.45) is 12.2 Å². The fourth-order valence-corrected chi connectivity index (χ4v) is 1.44. The molecule has 0 aromatic carbocycles. The van der Waals surface area contributed by atoms with Crippen LogP contribution in [0.15, 0.2) is 24.0 Å². The molecular weight excluding hydrogens is 256 g/mol. The second-order valence-corrected chi connectivity index (χ2v) is 4.24. The maximum absolute atomic E-state index is 6.14. The molecule has 0 radical (unpaired) electrons. The van der Waals surface area contributed by atoms with Gasteiger partial charge in [-0.1, -0.05) is 16.8 Å². The predicted octanol–water partition coefficient (Wildman–Crippen LogP) is 1.30. The van der Waals surface area contributed by atoms with Gasteiger partial charge in [-0.15, -0.1) is 0 Å². The Kier molecular flexibility index (Phi) is 3.61. The van der Waals surface area contributed by atoms with E-state index in [9.17, 15) is 0 Å². The molecule has 0 atom stereocenters. The quantitative estimate of drug-likeness (QED) is 0.478. The highest BCUT2D eigenvalue weighted by Crippen LogP contribution is 2.16. The zero-order chi connectivity index (χ0) is 13.1. The number of aromatic nitrogens is 5. The van der Waals surface area contributed by atoms with E-state index in [0.29, 0.717) is 16.6 Å². The summed E-state index contributed by atoms with van der Waals surface area (Å²) in [6, 6.07) is 0. The normalized spacial score (nSPS) is 12.2. The van der Waals surface area contributed by atoms with E-state index in [1.165, 1.54) is 17.3 Å². The van der Waals surface area contributed by atoms with Crippen LogP contribution in [0.1, 0.15) is 19.4 Å². The molecule has 96 valence electrons. The van der Waals surface area contributed by atoms with Gasteiger partial charge in [0.05, 0.1) is 11.8 Å². The topological polar surface area (TPSA) is 70.1 Å². The molecule has 0 aliphatic rings. The van der Waals surface area contributed by atoms with Gasteiger partial charge in [-0.05, 0) is 13.8 Å². The van der Waals surface area contributed by atoms with Crippen molar-refractivity contribution in [2.45, 2.75) is 20.0 Å². The van der Waals surface area contributed by atoms with Crippen molar-refractivity contribution in [1.82, 2.24) is 24.5 Å². The van der Waals surface area contributed by atoms with Crippen molar-refractivity contribution in [1.29, 1.82) is 0 Å². The van der Waals surface area contributed by atoms with Crippen molar-refractivity contribution >= 4 is 17.4 Å². The maximum Gasteiger partial charge on any atom is 0.206 e. The number of oxime groups is 1. The van der Waals surface area contributed by atoms with Crippen LogP contribution in [0, 0.1) is 0 Å². The van der Waals surface area contributed by atoms with Crippen LogP contribution in [0.5, 0.6) is 0 Å². The molecule has 0 aliphatic carbocycles. The Morgan fingerprint density at radius 3 is 2.72 bits per heavy atom. The minimum absolute atomic E-state index is 0.0426. The fraction of sp³-hybridized carbons (Fsp3) is 0.400. The van der Waals surface area contributed by atoms with Gasteiger partial charge in [0, 0.05) is 7.05 Å². The maximum atomic E-state index is 6.14. The predicted molar refractivity (Wildman–Crippen MR) is 66.4 cm³/mol. The Balaban J connectivity index is 2.43. The number of rotatable bonds is 3. The molecule has 0 saturated carbocycles. The molecule has 8 heteroatoms. The summed E-state index contributed by atoms with van der Waals surface area (Å²) in [4.78, 5) is 9.13. The van der Waals surface area contributed by atoms with E-state index >= 15 is 0 Å². The Hall–Kier alpha value is -1.89. The summed E-state index contributed by atoms with van der Waals surface area (Å²) in [6.45, 7) is 3.76. The van der Waals surface area contributed by atoms with Crippen LogP contribution in [0.4, 0.5) is 0 Å². The number of aryl methyl sites for hydroxylation is 1. The summed E-state index contributed by atoms with van der Waals surface area (Å²) >= 11 is 6.14. The van der Waals surface area contributed by atoms with Crippen molar-refractivity contribution < 1.29 is 4.84 Å². The van der Waals surface area contributed by atoms with Gasteiger partial charge in [0.2, 0.25) is 5.84 Å². The van der Waals surface area contributed by atoms with Crippen LogP contribution < -0.4 is 0 Å². The van der Waals surface area contributed by atoms with Gasteiger partial charge in [-0.2, -0.15) is 14.9 Å². The van der Waals surface area contributed by atoms with E-state index in [2.05, 4.69) is 20.3 Å². The van der Waals surface area contributed by atoms with Crippen LogP contribution in [-0.2, 0) is 11.9 Å². The lowest BCUT2D eigenvalue weighted by molar-refractivity contribution is 0.0851. The van der Waals surface area contributed by atoms with Crippen LogP contribution in [0.3, 0.4) is 0 Å². The van der Waals surface area contributed by atoms with E-state index in [1.807, 2.05) is 13.8 Å². The van der Waals surface area contributed by atoms with E-state index in [-0.39, 0.29) is 6.10 Å². The highest BCUT2D eigenvalue weighted by Gasteiger charge is 2.16. The fourth-order valence-electron chi connectivity index (χ4n) is 1.26. The third-order valence-corrected chi connectivity index (χ3v) is 2.54. The summed E-state index contributed by atoms with van der Waals surface area (Å²) in [5, 5.41) is 12.6. The summed E-state index contributed by atoms with van der Waals surface area (Å²) in [7, 11) is 1.74. The number of halogens is 1. The zero-order valence-corrected chi connectivity index (χ0v) is 11.0. The average molecular weight is 269 g/mol. The van der Waals surface area contributed by atoms with Crippen molar-refractivity contribution in [3.05, 3.63) is 29.6 Å². The third-order valence-electron chi connectivity index (χ3n) is 2.09. The van der Waals surface area contributed by atoms with Gasteiger partial charge in [-0.25, -0.2) is 4.98 Å². The molecule has 2 aromatic rings. The molecule has 0 N–H and O–H groups in total. The first kappa shape index (κ1) is 12.6. The first-order chi connectivity index (χ1) is 8.59. The largest absolute Gasteiger partial charge is 0.391 e. The van der Waals surface area contributed by atoms with Gasteiger partial charge in [0.25, 0.3) is 0 Å². The van der Waals surface area contributed by atoms with Crippen LogP contribution in [0.2, 0.25) is 5.15 Å². The van der Waals surface area contributed by atoms with Crippen LogP contribution in [0.25, 0.3) is 0 Å². The molecule has 0 saturated heterocycles. The van der Waals surface area contributed by atoms with Gasteiger partial charge in [0.1, 0.15) is 23.9 Å². The number of nitrogens with zero attached hydrogens (tertiary/aromatic N) is 6. The van der Waals surface area contributed by atoms with E-state index in [4.69, 9.17) is 16.4 Å². The Bertz CT molecular complexity index is 545. The smallest absolute Gasteiger partial charge is 0.206 e. The first-order valence-electron chi connectivity index (χ1n) is 5.36. The summed E-state index contributed by atoms with van der Waals surface area (Å²) in [5.41, 5.74) is 0.630. The lowest BCUT2D eigenvalue weighted by Gasteiger charge is -2.07. The lowest BCUT2D eigenvalue weighted by Crippen LogP contribution is -2.16. The highest BCUT2D eigenvalue weighted by atomic mass is 35.5. The Morgan fingerprint density at radius 1 is 1.44 bits per heavy atom. The zero-order valence-electron chi connectivity index (χ0n) is 10.3. The summed E-state index contributed by atoms with van der Waals surface area (Å²) in [5.74, 6) is 0.444. The minimum Gasteiger partial charge on any atom is -0.391 e. The molecule has 0 fully saturated rings. The molecule has 2 heterocycles. The first-order valence-corrected chi connectivity index (χ1v) is 5.74.